The largest absolute Gasteiger partial charge is 0.491 e. The maximum atomic E-state index is 14.9. The van der Waals surface area contributed by atoms with E-state index in [1.807, 2.05) is 6.08 Å². The lowest BCUT2D eigenvalue weighted by atomic mass is 9.68. The van der Waals surface area contributed by atoms with Crippen LogP contribution in [0, 0.1) is 46.9 Å². The van der Waals surface area contributed by atoms with Gasteiger partial charge in [-0.15, -0.1) is 0 Å². The fourth-order valence-electron chi connectivity index (χ4n) is 6.36. The van der Waals surface area contributed by atoms with Gasteiger partial charge in [0.15, 0.2) is 23.2 Å². The molecule has 0 atom stereocenters. The van der Waals surface area contributed by atoms with Gasteiger partial charge in [-0.25, -0.2) is 17.6 Å². The van der Waals surface area contributed by atoms with E-state index in [0.717, 1.165) is 43.9 Å². The molecule has 0 aromatic heterocycles. The van der Waals surface area contributed by atoms with E-state index in [9.17, 15) is 22.0 Å². The van der Waals surface area contributed by atoms with Crippen LogP contribution in [0.1, 0.15) is 70.3 Å². The molecule has 6 heteroatoms. The molecule has 0 spiro atoms. The second kappa shape index (κ2) is 12.9. The standard InChI is InChI=1S/C31H37F5O/c1-2-37-27-18-17-26(30(35)31(27)36)25-16-15-24(28(33)29(25)34)14-9-21-7-12-23(13-8-21)22-10-5-20(6-11-22)4-3-19-32/h3-4,15-18,20-23H,2,5-14,19H2,1H3. The fraction of sp³-hybridized carbons (Fsp3) is 0.548. The molecule has 1 nitrogen and oxygen atoms in total. The van der Waals surface area contributed by atoms with Crippen LogP contribution in [0.4, 0.5) is 22.0 Å². The van der Waals surface area contributed by atoms with Gasteiger partial charge >= 0.3 is 0 Å². The molecule has 0 unspecified atom stereocenters. The molecule has 0 N–H and O–H groups in total. The number of benzene rings is 2. The maximum Gasteiger partial charge on any atom is 0.201 e. The SMILES string of the molecule is CCOc1ccc(-c2ccc(CCC3CCC(C4CCC(C=CCF)CC4)CC3)c(F)c2F)c(F)c1F. The number of alkyl halides is 1. The van der Waals surface area contributed by atoms with Crippen molar-refractivity contribution in [3.05, 3.63) is 65.2 Å². The summed E-state index contributed by atoms with van der Waals surface area (Å²) in [5.41, 5.74) is -0.347. The first-order chi connectivity index (χ1) is 17.9. The fourth-order valence-corrected chi connectivity index (χ4v) is 6.36. The third-order valence-electron chi connectivity index (χ3n) is 8.49. The smallest absolute Gasteiger partial charge is 0.201 e. The molecule has 2 aliphatic rings. The molecule has 2 aliphatic carbocycles. The van der Waals surface area contributed by atoms with Crippen LogP contribution < -0.4 is 4.74 Å². The molecule has 4 rings (SSSR count). The number of allylic oxidation sites excluding steroid dienone is 2. The molecule has 0 heterocycles. The van der Waals surface area contributed by atoms with Crippen LogP contribution in [0.5, 0.6) is 5.75 Å². The predicted molar refractivity (Wildman–Crippen MR) is 137 cm³/mol. The Morgan fingerprint density at radius 3 is 1.97 bits per heavy atom. The zero-order valence-electron chi connectivity index (χ0n) is 21.6. The van der Waals surface area contributed by atoms with Gasteiger partial charge < -0.3 is 4.74 Å². The van der Waals surface area contributed by atoms with E-state index < -0.39 is 23.3 Å². The molecule has 2 aromatic rings. The molecular weight excluding hydrogens is 483 g/mol. The molecule has 202 valence electrons. The lowest BCUT2D eigenvalue weighted by Gasteiger charge is -2.37. The summed E-state index contributed by atoms with van der Waals surface area (Å²) in [6, 6.07) is 5.27. The minimum Gasteiger partial charge on any atom is -0.491 e. The van der Waals surface area contributed by atoms with Crippen LogP contribution in [0.15, 0.2) is 36.4 Å². The Balaban J connectivity index is 1.31. The average molecular weight is 521 g/mol. The first kappa shape index (κ1) is 27.7. The van der Waals surface area contributed by atoms with Crippen molar-refractivity contribution in [2.45, 2.75) is 71.1 Å². The predicted octanol–water partition coefficient (Wildman–Crippen LogP) is 9.38. The summed E-state index contributed by atoms with van der Waals surface area (Å²) in [4.78, 5) is 0. The number of rotatable bonds is 9. The van der Waals surface area contributed by atoms with Gasteiger partial charge in [0, 0.05) is 11.1 Å². The van der Waals surface area contributed by atoms with Crippen LogP contribution >= 0.6 is 0 Å². The monoisotopic (exact) mass is 520 g/mol. The van der Waals surface area contributed by atoms with E-state index in [4.69, 9.17) is 4.74 Å². The molecule has 0 bridgehead atoms. The van der Waals surface area contributed by atoms with Crippen molar-refractivity contribution in [1.29, 1.82) is 0 Å². The number of hydrogen-bond acceptors (Lipinski definition) is 1. The van der Waals surface area contributed by atoms with Crippen molar-refractivity contribution >= 4 is 0 Å². The van der Waals surface area contributed by atoms with E-state index in [0.29, 0.717) is 18.3 Å². The quantitative estimate of drug-likeness (QED) is 0.236. The summed E-state index contributed by atoms with van der Waals surface area (Å²) in [5, 5.41) is 0. The van der Waals surface area contributed by atoms with Crippen molar-refractivity contribution in [2.75, 3.05) is 13.3 Å². The molecule has 0 aliphatic heterocycles. The van der Waals surface area contributed by atoms with Crippen molar-refractivity contribution in [3.8, 4) is 16.9 Å². The van der Waals surface area contributed by atoms with Gasteiger partial charge in [0.2, 0.25) is 5.82 Å². The van der Waals surface area contributed by atoms with Crippen molar-refractivity contribution in [1.82, 2.24) is 0 Å². The molecule has 0 radical (unpaired) electrons. The van der Waals surface area contributed by atoms with Crippen molar-refractivity contribution in [3.63, 3.8) is 0 Å². The minimum atomic E-state index is -1.25. The van der Waals surface area contributed by atoms with E-state index in [2.05, 4.69) is 0 Å². The molecule has 0 saturated heterocycles. The number of aryl methyl sites for hydroxylation is 1. The van der Waals surface area contributed by atoms with Gasteiger partial charge in [0.05, 0.1) is 6.61 Å². The second-order valence-electron chi connectivity index (χ2n) is 10.6. The Labute approximate surface area is 217 Å². The maximum absolute atomic E-state index is 14.9. The summed E-state index contributed by atoms with van der Waals surface area (Å²) in [5.74, 6) is -2.36. The van der Waals surface area contributed by atoms with Gasteiger partial charge in [-0.2, -0.15) is 4.39 Å². The molecule has 2 aromatic carbocycles. The highest BCUT2D eigenvalue weighted by Crippen LogP contribution is 2.42. The topological polar surface area (TPSA) is 9.23 Å². The highest BCUT2D eigenvalue weighted by Gasteiger charge is 2.30. The molecule has 2 saturated carbocycles. The molecule has 0 amide bonds. The number of ether oxygens (including phenoxy) is 1. The third kappa shape index (κ3) is 6.56. The lowest BCUT2D eigenvalue weighted by Crippen LogP contribution is -2.25. The first-order valence-electron chi connectivity index (χ1n) is 13.7. The van der Waals surface area contributed by atoms with E-state index in [1.54, 1.807) is 13.0 Å². The van der Waals surface area contributed by atoms with Crippen LogP contribution in [-0.2, 0) is 6.42 Å². The van der Waals surface area contributed by atoms with Crippen molar-refractivity contribution < 1.29 is 26.7 Å². The normalized spacial score (nSPS) is 24.5. The Morgan fingerprint density at radius 2 is 1.35 bits per heavy atom. The number of halogens is 5. The lowest BCUT2D eigenvalue weighted by molar-refractivity contribution is 0.152. The Morgan fingerprint density at radius 1 is 0.757 bits per heavy atom. The third-order valence-corrected chi connectivity index (χ3v) is 8.49. The minimum absolute atomic E-state index is 0.163. The van der Waals surface area contributed by atoms with Gasteiger partial charge in [-0.1, -0.05) is 37.1 Å². The van der Waals surface area contributed by atoms with Crippen LogP contribution in [0.25, 0.3) is 11.1 Å². The Kier molecular flexibility index (Phi) is 9.66. The second-order valence-corrected chi connectivity index (χ2v) is 10.6. The van der Waals surface area contributed by atoms with Crippen LogP contribution in [0.3, 0.4) is 0 Å². The summed E-state index contributed by atoms with van der Waals surface area (Å²) >= 11 is 0. The Bertz CT molecular complexity index is 1070. The summed E-state index contributed by atoms with van der Waals surface area (Å²) < 4.78 is 76.0. The number of hydrogen-bond donors (Lipinski definition) is 0. The first-order valence-corrected chi connectivity index (χ1v) is 13.7. The van der Waals surface area contributed by atoms with E-state index in [1.165, 1.54) is 49.9 Å². The van der Waals surface area contributed by atoms with Gasteiger partial charge in [-0.3, -0.25) is 0 Å². The highest BCUT2D eigenvalue weighted by molar-refractivity contribution is 5.66. The summed E-state index contributed by atoms with van der Waals surface area (Å²) in [7, 11) is 0. The Hall–Kier alpha value is -2.37. The van der Waals surface area contributed by atoms with Gasteiger partial charge in [0.1, 0.15) is 6.67 Å². The van der Waals surface area contributed by atoms with E-state index in [-0.39, 0.29) is 35.7 Å². The van der Waals surface area contributed by atoms with Crippen LogP contribution in [0.2, 0.25) is 0 Å². The van der Waals surface area contributed by atoms with Crippen molar-refractivity contribution in [2.24, 2.45) is 23.7 Å². The molecule has 2 fully saturated rings. The summed E-state index contributed by atoms with van der Waals surface area (Å²) in [6.07, 6.45) is 14.2. The zero-order chi connectivity index (χ0) is 26.4. The highest BCUT2D eigenvalue weighted by atomic mass is 19.2. The van der Waals surface area contributed by atoms with E-state index >= 15 is 0 Å². The molecule has 37 heavy (non-hydrogen) atoms. The summed E-state index contributed by atoms with van der Waals surface area (Å²) in [6.45, 7) is 1.43. The zero-order valence-corrected chi connectivity index (χ0v) is 21.6. The van der Waals surface area contributed by atoms with Gasteiger partial charge in [-0.05, 0) is 99.7 Å². The molecular formula is C31H37F5O. The van der Waals surface area contributed by atoms with Gasteiger partial charge in [0.25, 0.3) is 0 Å². The van der Waals surface area contributed by atoms with Crippen LogP contribution in [-0.4, -0.2) is 13.3 Å². The average Bonchev–Trinajstić information content (AvgIpc) is 2.92.